The average molecular weight is 436 g/mol. The van der Waals surface area contributed by atoms with Gasteiger partial charge in [-0.2, -0.15) is 0 Å². The van der Waals surface area contributed by atoms with E-state index in [1.165, 1.54) is 10.5 Å². The number of thioether (sulfide) groups is 1. The summed E-state index contributed by atoms with van der Waals surface area (Å²) >= 11 is 8.13. The lowest BCUT2D eigenvalue weighted by Gasteiger charge is -2.20. The van der Waals surface area contributed by atoms with Gasteiger partial charge in [-0.3, -0.25) is 0 Å². The molecule has 3 nitrogen and oxygen atoms in total. The summed E-state index contributed by atoms with van der Waals surface area (Å²) in [6, 6.07) is 27.2. The van der Waals surface area contributed by atoms with Crippen LogP contribution < -0.4 is 0 Å². The molecule has 4 aromatic rings. The third kappa shape index (κ3) is 4.89. The van der Waals surface area contributed by atoms with Crippen LogP contribution in [-0.2, 0) is 6.54 Å². The predicted octanol–water partition coefficient (Wildman–Crippen LogP) is 6.52. The zero-order chi connectivity index (χ0) is 20.9. The van der Waals surface area contributed by atoms with Crippen LogP contribution in [0.3, 0.4) is 0 Å². The number of hydrogen-bond donors (Lipinski definition) is 0. The Bertz CT molecular complexity index is 1090. The summed E-state index contributed by atoms with van der Waals surface area (Å²) in [4.78, 5) is 8.55. The first-order valence-electron chi connectivity index (χ1n) is 10.2. The maximum Gasteiger partial charge on any atom is 0.127 e. The molecule has 0 saturated carbocycles. The van der Waals surface area contributed by atoms with E-state index in [9.17, 15) is 0 Å². The number of aromatic nitrogens is 2. The molecule has 1 atom stereocenters. The van der Waals surface area contributed by atoms with Gasteiger partial charge < -0.3 is 9.47 Å². The van der Waals surface area contributed by atoms with Crippen molar-refractivity contribution in [3.8, 4) is 0 Å². The van der Waals surface area contributed by atoms with Gasteiger partial charge in [0.1, 0.15) is 5.82 Å². The fraction of sp³-hybridized carbons (Fsp3) is 0.240. The highest BCUT2D eigenvalue weighted by Gasteiger charge is 2.23. The summed E-state index contributed by atoms with van der Waals surface area (Å²) in [5, 5.41) is 0.818. The van der Waals surface area contributed by atoms with Crippen molar-refractivity contribution in [3.05, 3.63) is 95.3 Å². The van der Waals surface area contributed by atoms with Crippen molar-refractivity contribution < 1.29 is 0 Å². The standard InChI is InChI=1S/C25H26ClN3S/c1-28(2)16-9-17-29-23-15-14-20(26)18-22(23)27-25(29)24(19-10-5-3-6-11-19)30-21-12-7-4-8-13-21/h3-8,10-15,18,24H,9,16-17H2,1-2H3. The second kappa shape index (κ2) is 9.69. The molecule has 0 fully saturated rings. The number of halogens is 1. The van der Waals surface area contributed by atoms with E-state index in [0.29, 0.717) is 0 Å². The largest absolute Gasteiger partial charge is 0.327 e. The van der Waals surface area contributed by atoms with Crippen LogP contribution in [0.5, 0.6) is 0 Å². The number of aryl methyl sites for hydroxylation is 1. The summed E-state index contributed by atoms with van der Waals surface area (Å²) in [7, 11) is 4.23. The van der Waals surface area contributed by atoms with Crippen LogP contribution in [0.15, 0.2) is 83.8 Å². The second-order valence-electron chi connectivity index (χ2n) is 7.63. The predicted molar refractivity (Wildman–Crippen MR) is 128 cm³/mol. The van der Waals surface area contributed by atoms with Gasteiger partial charge in [0, 0.05) is 16.5 Å². The number of imidazole rings is 1. The Morgan fingerprint density at radius 1 is 0.967 bits per heavy atom. The Morgan fingerprint density at radius 3 is 2.37 bits per heavy atom. The van der Waals surface area contributed by atoms with Gasteiger partial charge in [-0.25, -0.2) is 4.98 Å². The van der Waals surface area contributed by atoms with E-state index in [-0.39, 0.29) is 5.25 Å². The third-order valence-corrected chi connectivity index (χ3v) is 6.56. The van der Waals surface area contributed by atoms with Crippen LogP contribution in [0.2, 0.25) is 5.02 Å². The SMILES string of the molecule is CN(C)CCCn1c(C(Sc2ccccc2)c2ccccc2)nc2cc(Cl)ccc21. The molecule has 5 heteroatoms. The molecule has 1 aromatic heterocycles. The van der Waals surface area contributed by atoms with Gasteiger partial charge in [0.05, 0.1) is 16.3 Å². The van der Waals surface area contributed by atoms with Gasteiger partial charge in [0.15, 0.2) is 0 Å². The van der Waals surface area contributed by atoms with Crippen LogP contribution in [0.1, 0.15) is 23.1 Å². The van der Waals surface area contributed by atoms with Crippen LogP contribution in [0, 0.1) is 0 Å². The summed E-state index contributed by atoms with van der Waals surface area (Å²) in [6.07, 6.45) is 1.06. The van der Waals surface area contributed by atoms with Crippen molar-refractivity contribution >= 4 is 34.4 Å². The molecule has 0 N–H and O–H groups in total. The maximum atomic E-state index is 6.29. The number of nitrogens with zero attached hydrogens (tertiary/aromatic N) is 3. The minimum atomic E-state index is 0.0964. The zero-order valence-corrected chi connectivity index (χ0v) is 18.9. The molecule has 154 valence electrons. The molecule has 30 heavy (non-hydrogen) atoms. The van der Waals surface area contributed by atoms with Crippen molar-refractivity contribution in [1.29, 1.82) is 0 Å². The van der Waals surface area contributed by atoms with Gasteiger partial charge >= 0.3 is 0 Å². The molecule has 0 aliphatic heterocycles. The van der Waals surface area contributed by atoms with Gasteiger partial charge in [0.25, 0.3) is 0 Å². The summed E-state index contributed by atoms with van der Waals surface area (Å²) in [5.74, 6) is 1.08. The number of fused-ring (bicyclic) bond motifs is 1. The molecule has 0 aliphatic rings. The lowest BCUT2D eigenvalue weighted by Crippen LogP contribution is -2.16. The van der Waals surface area contributed by atoms with E-state index in [1.54, 1.807) is 0 Å². The van der Waals surface area contributed by atoms with Crippen molar-refractivity contribution in [2.24, 2.45) is 0 Å². The molecule has 0 radical (unpaired) electrons. The Labute approximate surface area is 187 Å². The maximum absolute atomic E-state index is 6.29. The van der Waals surface area contributed by atoms with Crippen molar-refractivity contribution in [3.63, 3.8) is 0 Å². The normalized spacial score (nSPS) is 12.5. The van der Waals surface area contributed by atoms with E-state index in [4.69, 9.17) is 16.6 Å². The molecule has 4 rings (SSSR count). The third-order valence-electron chi connectivity index (χ3n) is 5.06. The summed E-state index contributed by atoms with van der Waals surface area (Å²) < 4.78 is 2.38. The van der Waals surface area contributed by atoms with Crippen LogP contribution in [0.25, 0.3) is 11.0 Å². The monoisotopic (exact) mass is 435 g/mol. The highest BCUT2D eigenvalue weighted by atomic mass is 35.5. The van der Waals surface area contributed by atoms with E-state index in [1.807, 2.05) is 23.9 Å². The summed E-state index contributed by atoms with van der Waals surface area (Å²) in [5.41, 5.74) is 3.35. The molecule has 0 bridgehead atoms. The molecule has 1 unspecified atom stereocenters. The molecule has 0 amide bonds. The lowest BCUT2D eigenvalue weighted by molar-refractivity contribution is 0.386. The molecule has 0 spiro atoms. The second-order valence-corrected chi connectivity index (χ2v) is 9.25. The highest BCUT2D eigenvalue weighted by molar-refractivity contribution is 7.99. The molecular weight excluding hydrogens is 410 g/mol. The smallest absolute Gasteiger partial charge is 0.127 e. The molecule has 3 aromatic carbocycles. The van der Waals surface area contributed by atoms with Crippen molar-refractivity contribution in [1.82, 2.24) is 14.5 Å². The summed E-state index contributed by atoms with van der Waals surface area (Å²) in [6.45, 7) is 1.96. The number of benzene rings is 3. The first kappa shape index (κ1) is 21.0. The van der Waals surface area contributed by atoms with Crippen molar-refractivity contribution in [2.75, 3.05) is 20.6 Å². The van der Waals surface area contributed by atoms with Gasteiger partial charge in [0.2, 0.25) is 0 Å². The van der Waals surface area contributed by atoms with E-state index < -0.39 is 0 Å². The van der Waals surface area contributed by atoms with Gasteiger partial charge in [-0.15, -0.1) is 11.8 Å². The quantitative estimate of drug-likeness (QED) is 0.294. The fourth-order valence-corrected chi connectivity index (χ4v) is 4.97. The highest BCUT2D eigenvalue weighted by Crippen LogP contribution is 2.41. The van der Waals surface area contributed by atoms with Crippen LogP contribution in [0.4, 0.5) is 0 Å². The van der Waals surface area contributed by atoms with E-state index in [0.717, 1.165) is 41.4 Å². The van der Waals surface area contributed by atoms with Gasteiger partial charge in [-0.1, -0.05) is 60.1 Å². The molecule has 0 aliphatic carbocycles. The fourth-order valence-electron chi connectivity index (χ4n) is 3.63. The Hall–Kier alpha value is -2.27. The van der Waals surface area contributed by atoms with Crippen LogP contribution >= 0.6 is 23.4 Å². The minimum Gasteiger partial charge on any atom is -0.327 e. The molecule has 0 saturated heterocycles. The molecule has 1 heterocycles. The van der Waals surface area contributed by atoms with Crippen LogP contribution in [-0.4, -0.2) is 35.1 Å². The first-order valence-corrected chi connectivity index (χ1v) is 11.4. The zero-order valence-electron chi connectivity index (χ0n) is 17.3. The first-order chi connectivity index (χ1) is 14.6. The lowest BCUT2D eigenvalue weighted by atomic mass is 10.1. The number of hydrogen-bond acceptors (Lipinski definition) is 3. The minimum absolute atomic E-state index is 0.0964. The Balaban J connectivity index is 1.81. The van der Waals surface area contributed by atoms with Gasteiger partial charge in [-0.05, 0) is 63.0 Å². The topological polar surface area (TPSA) is 21.1 Å². The Morgan fingerprint density at radius 2 is 1.67 bits per heavy atom. The Kier molecular flexibility index (Phi) is 6.78. The molecular formula is C25H26ClN3S. The number of rotatable bonds is 8. The average Bonchev–Trinajstić information content (AvgIpc) is 3.10. The van der Waals surface area contributed by atoms with E-state index >= 15 is 0 Å². The van der Waals surface area contributed by atoms with Crippen molar-refractivity contribution in [2.45, 2.75) is 23.1 Å². The van der Waals surface area contributed by atoms with E-state index in [2.05, 4.69) is 90.3 Å².